The van der Waals surface area contributed by atoms with E-state index in [1.165, 1.54) is 0 Å². The number of nitrogens with one attached hydrogen (secondary N) is 1. The van der Waals surface area contributed by atoms with Crippen molar-refractivity contribution in [1.82, 2.24) is 9.88 Å². The van der Waals surface area contributed by atoms with Crippen LogP contribution in [0, 0.1) is 0 Å². The summed E-state index contributed by atoms with van der Waals surface area (Å²) in [5.41, 5.74) is 2.71. The van der Waals surface area contributed by atoms with E-state index < -0.39 is 5.91 Å². The second kappa shape index (κ2) is 7.03. The van der Waals surface area contributed by atoms with Crippen LogP contribution in [0.15, 0.2) is 47.4 Å². The summed E-state index contributed by atoms with van der Waals surface area (Å²) >= 11 is 0. The zero-order valence-electron chi connectivity index (χ0n) is 16.1. The smallest absolute Gasteiger partial charge is 0.257 e. The Morgan fingerprint density at radius 2 is 1.82 bits per heavy atom. The van der Waals surface area contributed by atoms with Crippen LogP contribution < -0.4 is 20.2 Å². The summed E-state index contributed by atoms with van der Waals surface area (Å²) in [5, 5.41) is 3.43. The van der Waals surface area contributed by atoms with Crippen molar-refractivity contribution in [2.24, 2.45) is 0 Å². The number of pyridine rings is 1. The Hall–Kier alpha value is -3.28. The molecule has 1 aliphatic heterocycles. The Morgan fingerprint density at radius 3 is 2.50 bits per heavy atom. The molecule has 0 aliphatic carbocycles. The van der Waals surface area contributed by atoms with Gasteiger partial charge < -0.3 is 19.4 Å². The molecule has 0 unspecified atom stereocenters. The second-order valence-electron chi connectivity index (χ2n) is 6.97. The van der Waals surface area contributed by atoms with Gasteiger partial charge in [-0.25, -0.2) is 0 Å². The molecule has 0 saturated heterocycles. The van der Waals surface area contributed by atoms with Crippen LogP contribution in [0.25, 0.3) is 10.9 Å². The molecule has 0 saturated carbocycles. The normalized spacial score (nSPS) is 14.9. The molecule has 1 atom stereocenters. The highest BCUT2D eigenvalue weighted by molar-refractivity contribution is 5.98. The Kier molecular flexibility index (Phi) is 4.55. The van der Waals surface area contributed by atoms with Gasteiger partial charge in [0.05, 0.1) is 31.8 Å². The Morgan fingerprint density at radius 1 is 1.14 bits per heavy atom. The molecule has 3 aromatic rings. The topological polar surface area (TPSA) is 69.6 Å². The summed E-state index contributed by atoms with van der Waals surface area (Å²) in [6, 6.07) is 11.3. The van der Waals surface area contributed by atoms with Crippen LogP contribution in [-0.2, 0) is 13.0 Å². The molecule has 0 spiro atoms. The third-order valence-corrected chi connectivity index (χ3v) is 5.33. The van der Waals surface area contributed by atoms with Gasteiger partial charge in [0, 0.05) is 17.6 Å². The van der Waals surface area contributed by atoms with Crippen molar-refractivity contribution in [3.8, 4) is 11.5 Å². The molecule has 1 amide bonds. The molecule has 2 heterocycles. The van der Waals surface area contributed by atoms with Crippen LogP contribution >= 0.6 is 0 Å². The molecule has 4 rings (SSSR count). The molecule has 28 heavy (non-hydrogen) atoms. The summed E-state index contributed by atoms with van der Waals surface area (Å²) in [7, 11) is 3.13. The number of hydrogen-bond acceptors (Lipinski definition) is 4. The lowest BCUT2D eigenvalue weighted by Crippen LogP contribution is -2.29. The summed E-state index contributed by atoms with van der Waals surface area (Å²) in [6.45, 7) is 2.28. The fraction of sp³-hybridized carbons (Fsp3) is 0.273. The van der Waals surface area contributed by atoms with Gasteiger partial charge in [0.15, 0.2) is 0 Å². The van der Waals surface area contributed by atoms with Gasteiger partial charge >= 0.3 is 0 Å². The van der Waals surface area contributed by atoms with Crippen molar-refractivity contribution in [2.75, 3.05) is 14.2 Å². The van der Waals surface area contributed by atoms with Gasteiger partial charge in [0.25, 0.3) is 5.91 Å². The molecule has 0 bridgehead atoms. The Labute approximate surface area is 162 Å². The average Bonchev–Trinajstić information content (AvgIpc) is 3.04. The Bertz CT molecular complexity index is 1110. The van der Waals surface area contributed by atoms with Crippen LogP contribution in [-0.4, -0.2) is 24.7 Å². The first-order valence-electron chi connectivity index (χ1n) is 9.20. The number of nitrogens with zero attached hydrogens (tertiary/aromatic N) is 1. The van der Waals surface area contributed by atoms with E-state index >= 15 is 0 Å². The zero-order valence-corrected chi connectivity index (χ0v) is 16.1. The number of carbonyl (C=O) groups excluding carboxylic acids is 1. The minimum absolute atomic E-state index is 0.146. The third kappa shape index (κ3) is 2.81. The number of methoxy groups -OCH3 is 2. The summed E-state index contributed by atoms with van der Waals surface area (Å²) in [5.74, 6) is 0.826. The molecular weight excluding hydrogens is 356 g/mol. The highest BCUT2D eigenvalue weighted by Gasteiger charge is 2.24. The van der Waals surface area contributed by atoms with Crippen molar-refractivity contribution < 1.29 is 14.3 Å². The van der Waals surface area contributed by atoms with E-state index in [0.29, 0.717) is 16.9 Å². The van der Waals surface area contributed by atoms with Crippen LogP contribution in [0.5, 0.6) is 11.5 Å². The molecule has 1 aromatic heterocycles. The van der Waals surface area contributed by atoms with Crippen molar-refractivity contribution in [1.29, 1.82) is 0 Å². The Balaban J connectivity index is 1.69. The lowest BCUT2D eigenvalue weighted by Gasteiger charge is -2.15. The maximum atomic E-state index is 12.9. The molecule has 0 fully saturated rings. The number of carbonyl (C=O) groups is 1. The molecule has 1 aliphatic rings. The summed E-state index contributed by atoms with van der Waals surface area (Å²) in [4.78, 5) is 25.8. The van der Waals surface area contributed by atoms with E-state index in [2.05, 4.69) is 12.2 Å². The maximum Gasteiger partial charge on any atom is 0.257 e. The van der Waals surface area contributed by atoms with E-state index in [1.54, 1.807) is 38.6 Å². The number of hydrogen-bond donors (Lipinski definition) is 1. The van der Waals surface area contributed by atoms with Gasteiger partial charge in [0.1, 0.15) is 17.1 Å². The van der Waals surface area contributed by atoms with Crippen molar-refractivity contribution in [2.45, 2.75) is 25.9 Å². The van der Waals surface area contributed by atoms with E-state index in [9.17, 15) is 9.59 Å². The highest BCUT2D eigenvalue weighted by atomic mass is 16.5. The standard InChI is InChI=1S/C22H22N2O4/c1-13-10-14-6-4-7-15-20(14)24(13)12-17(21(15)25)22(26)23-11-16-18(27-2)8-5-9-19(16)28-3/h4-9,12-13H,10-11H2,1-3H3,(H,23,26)/t13-/m1/s1. The SMILES string of the molecule is COc1cccc(OC)c1CNC(=O)c1cn2c3c(cccc3c1=O)C[C@H]2C. The van der Waals surface area contributed by atoms with Crippen LogP contribution in [0.3, 0.4) is 0 Å². The second-order valence-corrected chi connectivity index (χ2v) is 6.97. The third-order valence-electron chi connectivity index (χ3n) is 5.33. The number of para-hydroxylation sites is 1. The quantitative estimate of drug-likeness (QED) is 0.741. The van der Waals surface area contributed by atoms with Gasteiger partial charge in [-0.05, 0) is 37.1 Å². The first-order valence-corrected chi connectivity index (χ1v) is 9.20. The number of amides is 1. The van der Waals surface area contributed by atoms with Crippen molar-refractivity contribution >= 4 is 16.8 Å². The summed E-state index contributed by atoms with van der Waals surface area (Å²) < 4.78 is 12.8. The first-order chi connectivity index (χ1) is 13.5. The molecular formula is C22H22N2O4. The number of rotatable bonds is 5. The number of benzene rings is 2. The zero-order chi connectivity index (χ0) is 19.8. The van der Waals surface area contributed by atoms with Gasteiger partial charge in [-0.1, -0.05) is 18.2 Å². The van der Waals surface area contributed by atoms with E-state index in [4.69, 9.17) is 9.47 Å². The first kappa shape index (κ1) is 18.1. The predicted molar refractivity (Wildman–Crippen MR) is 107 cm³/mol. The van der Waals surface area contributed by atoms with E-state index in [0.717, 1.165) is 23.1 Å². The monoisotopic (exact) mass is 378 g/mol. The van der Waals surface area contributed by atoms with E-state index in [-0.39, 0.29) is 23.6 Å². The number of aromatic nitrogens is 1. The maximum absolute atomic E-state index is 12.9. The lowest BCUT2D eigenvalue weighted by atomic mass is 10.1. The van der Waals surface area contributed by atoms with E-state index in [1.807, 2.05) is 22.8 Å². The van der Waals surface area contributed by atoms with Gasteiger partial charge in [-0.3, -0.25) is 9.59 Å². The number of ether oxygens (including phenoxy) is 2. The van der Waals surface area contributed by atoms with Gasteiger partial charge in [-0.2, -0.15) is 0 Å². The fourth-order valence-electron chi connectivity index (χ4n) is 3.94. The molecule has 0 radical (unpaired) electrons. The van der Waals surface area contributed by atoms with Gasteiger partial charge in [-0.15, -0.1) is 0 Å². The van der Waals surface area contributed by atoms with Crippen molar-refractivity contribution in [3.63, 3.8) is 0 Å². The molecule has 2 aromatic carbocycles. The summed E-state index contributed by atoms with van der Waals surface area (Å²) in [6.07, 6.45) is 2.54. The molecule has 144 valence electrons. The molecule has 1 N–H and O–H groups in total. The lowest BCUT2D eigenvalue weighted by molar-refractivity contribution is 0.0948. The van der Waals surface area contributed by atoms with Crippen molar-refractivity contribution in [3.05, 3.63) is 69.5 Å². The largest absolute Gasteiger partial charge is 0.496 e. The predicted octanol–water partition coefficient (Wildman–Crippen LogP) is 3.07. The highest BCUT2D eigenvalue weighted by Crippen LogP contribution is 2.31. The minimum atomic E-state index is -0.409. The van der Waals surface area contributed by atoms with Crippen LogP contribution in [0.4, 0.5) is 0 Å². The minimum Gasteiger partial charge on any atom is -0.496 e. The molecule has 6 heteroatoms. The fourth-order valence-corrected chi connectivity index (χ4v) is 3.94. The van der Waals surface area contributed by atoms with Crippen LogP contribution in [0.2, 0.25) is 0 Å². The van der Waals surface area contributed by atoms with Crippen LogP contribution in [0.1, 0.15) is 34.5 Å². The average molecular weight is 378 g/mol. The molecule has 6 nitrogen and oxygen atoms in total. The van der Waals surface area contributed by atoms with Gasteiger partial charge in [0.2, 0.25) is 5.43 Å².